The summed E-state index contributed by atoms with van der Waals surface area (Å²) in [5.41, 5.74) is -1.06. The minimum absolute atomic E-state index is 0.340. The third-order valence-corrected chi connectivity index (χ3v) is 7.53. The molecule has 3 aliphatic rings. The fourth-order valence-electron chi connectivity index (χ4n) is 5.66. The number of hydrogen-bond donors (Lipinski definition) is 0. The van der Waals surface area contributed by atoms with Crippen LogP contribution in [-0.2, 0) is 14.4 Å². The Morgan fingerprint density at radius 1 is 0.879 bits per heavy atom. The SMILES string of the molecule is CC(C)(C)N1C(=O)[C@H]2[C@@H](c3ccc(Br)cc3)N3C(=O)N(c4ccccc4)C(=O)[C@@]3(C)[C@H]2C1=O. The van der Waals surface area contributed by atoms with E-state index in [9.17, 15) is 19.2 Å². The zero-order valence-corrected chi connectivity index (χ0v) is 20.4. The summed E-state index contributed by atoms with van der Waals surface area (Å²) in [5, 5.41) is 0. The number of urea groups is 1. The maximum Gasteiger partial charge on any atom is 0.332 e. The van der Waals surface area contributed by atoms with Gasteiger partial charge in [0.1, 0.15) is 5.54 Å². The van der Waals surface area contributed by atoms with Crippen LogP contribution in [0.25, 0.3) is 0 Å². The zero-order valence-electron chi connectivity index (χ0n) is 18.8. The molecule has 2 aromatic rings. The van der Waals surface area contributed by atoms with Gasteiger partial charge in [-0.2, -0.15) is 0 Å². The number of benzene rings is 2. The summed E-state index contributed by atoms with van der Waals surface area (Å²) in [4.78, 5) is 58.9. The molecule has 8 heteroatoms. The number of anilines is 1. The molecule has 5 rings (SSSR count). The summed E-state index contributed by atoms with van der Waals surface area (Å²) in [6.45, 7) is 7.04. The molecule has 170 valence electrons. The van der Waals surface area contributed by atoms with Crippen molar-refractivity contribution in [2.75, 3.05) is 4.90 Å². The van der Waals surface area contributed by atoms with Crippen LogP contribution in [0.5, 0.6) is 0 Å². The van der Waals surface area contributed by atoms with Gasteiger partial charge in [0.15, 0.2) is 0 Å². The molecular weight excluding hydrogens is 486 g/mol. The van der Waals surface area contributed by atoms with E-state index in [1.54, 1.807) is 58.0 Å². The zero-order chi connectivity index (χ0) is 23.9. The van der Waals surface area contributed by atoms with Gasteiger partial charge in [-0.1, -0.05) is 46.3 Å². The number of halogens is 1. The molecule has 0 radical (unpaired) electrons. The second-order valence-electron chi connectivity index (χ2n) is 9.96. The van der Waals surface area contributed by atoms with Gasteiger partial charge in [-0.3, -0.25) is 19.3 Å². The van der Waals surface area contributed by atoms with Gasteiger partial charge >= 0.3 is 6.03 Å². The first-order valence-electron chi connectivity index (χ1n) is 10.9. The van der Waals surface area contributed by atoms with Crippen LogP contribution in [0.2, 0.25) is 0 Å². The van der Waals surface area contributed by atoms with Crippen molar-refractivity contribution < 1.29 is 19.2 Å². The fraction of sp³-hybridized carbons (Fsp3) is 0.360. The highest BCUT2D eigenvalue weighted by Gasteiger charge is 2.76. The van der Waals surface area contributed by atoms with Gasteiger partial charge in [0.2, 0.25) is 11.8 Å². The van der Waals surface area contributed by atoms with E-state index >= 15 is 0 Å². The minimum Gasteiger partial charge on any atom is -0.301 e. The Bertz CT molecular complexity index is 1190. The topological polar surface area (TPSA) is 78.0 Å². The van der Waals surface area contributed by atoms with E-state index in [4.69, 9.17) is 0 Å². The molecule has 3 fully saturated rings. The van der Waals surface area contributed by atoms with Crippen molar-refractivity contribution in [3.05, 3.63) is 64.6 Å². The first kappa shape index (κ1) is 21.8. The van der Waals surface area contributed by atoms with E-state index in [1.807, 2.05) is 24.3 Å². The quantitative estimate of drug-likeness (QED) is 0.450. The van der Waals surface area contributed by atoms with Crippen LogP contribution in [0.1, 0.15) is 39.3 Å². The highest BCUT2D eigenvalue weighted by Crippen LogP contribution is 2.59. The van der Waals surface area contributed by atoms with E-state index in [1.165, 1.54) is 9.80 Å². The van der Waals surface area contributed by atoms with Crippen LogP contribution in [-0.4, -0.2) is 44.6 Å². The van der Waals surface area contributed by atoms with Crippen LogP contribution in [0.4, 0.5) is 10.5 Å². The number of imide groups is 2. The molecule has 2 aromatic carbocycles. The first-order chi connectivity index (χ1) is 15.5. The summed E-state index contributed by atoms with van der Waals surface area (Å²) in [5.74, 6) is -3.00. The maximum absolute atomic E-state index is 13.9. The molecule has 0 aliphatic carbocycles. The lowest BCUT2D eigenvalue weighted by Gasteiger charge is -2.36. The summed E-state index contributed by atoms with van der Waals surface area (Å²) in [6, 6.07) is 14.8. The molecule has 0 unspecified atom stereocenters. The normalized spacial score (nSPS) is 29.2. The van der Waals surface area contributed by atoms with Gasteiger partial charge in [-0.05, 0) is 57.5 Å². The van der Waals surface area contributed by atoms with E-state index in [0.29, 0.717) is 11.3 Å². The van der Waals surface area contributed by atoms with Crippen molar-refractivity contribution in [3.8, 4) is 0 Å². The number of carbonyl (C=O) groups excluding carboxylic acids is 4. The highest BCUT2D eigenvalue weighted by molar-refractivity contribution is 9.10. The van der Waals surface area contributed by atoms with Gasteiger partial charge in [0.25, 0.3) is 5.91 Å². The highest BCUT2D eigenvalue weighted by atomic mass is 79.9. The smallest absolute Gasteiger partial charge is 0.301 e. The van der Waals surface area contributed by atoms with Crippen LogP contribution < -0.4 is 4.90 Å². The monoisotopic (exact) mass is 509 g/mol. The molecule has 0 N–H and O–H groups in total. The fourth-order valence-corrected chi connectivity index (χ4v) is 5.92. The van der Waals surface area contributed by atoms with E-state index in [0.717, 1.165) is 9.37 Å². The third kappa shape index (κ3) is 2.79. The molecule has 0 spiro atoms. The van der Waals surface area contributed by atoms with Crippen molar-refractivity contribution in [2.45, 2.75) is 44.8 Å². The number of para-hydroxylation sites is 1. The molecule has 3 heterocycles. The van der Waals surface area contributed by atoms with Crippen molar-refractivity contribution in [1.82, 2.24) is 9.80 Å². The molecule has 3 aliphatic heterocycles. The number of hydrogen-bond acceptors (Lipinski definition) is 4. The van der Waals surface area contributed by atoms with E-state index in [2.05, 4.69) is 15.9 Å². The Balaban J connectivity index is 1.72. The Hall–Kier alpha value is -3.00. The molecule has 7 nitrogen and oxygen atoms in total. The van der Waals surface area contributed by atoms with Crippen LogP contribution in [0.15, 0.2) is 59.1 Å². The molecule has 0 aromatic heterocycles. The van der Waals surface area contributed by atoms with Gasteiger partial charge in [-0.25, -0.2) is 9.69 Å². The van der Waals surface area contributed by atoms with Gasteiger partial charge in [0, 0.05) is 10.0 Å². The number of amides is 5. The maximum atomic E-state index is 13.9. The molecule has 0 bridgehead atoms. The van der Waals surface area contributed by atoms with Gasteiger partial charge < -0.3 is 4.90 Å². The van der Waals surface area contributed by atoms with E-state index in [-0.39, 0.29) is 5.91 Å². The number of nitrogens with zero attached hydrogens (tertiary/aromatic N) is 3. The first-order valence-corrected chi connectivity index (χ1v) is 11.6. The van der Waals surface area contributed by atoms with Gasteiger partial charge in [0.05, 0.1) is 23.6 Å². The van der Waals surface area contributed by atoms with Crippen LogP contribution in [0.3, 0.4) is 0 Å². The molecule has 0 saturated carbocycles. The lowest BCUT2D eigenvalue weighted by molar-refractivity contribution is -0.148. The summed E-state index contributed by atoms with van der Waals surface area (Å²) in [7, 11) is 0. The lowest BCUT2D eigenvalue weighted by Crippen LogP contribution is -2.54. The molecule has 5 amide bonds. The van der Waals surface area contributed by atoms with Crippen LogP contribution >= 0.6 is 15.9 Å². The van der Waals surface area contributed by atoms with E-state index < -0.39 is 46.8 Å². The molecule has 33 heavy (non-hydrogen) atoms. The number of carbonyl (C=O) groups is 4. The Morgan fingerprint density at radius 3 is 2.06 bits per heavy atom. The number of rotatable bonds is 2. The summed E-state index contributed by atoms with van der Waals surface area (Å²) >= 11 is 3.42. The molecule has 4 atom stereocenters. The van der Waals surface area contributed by atoms with Crippen molar-refractivity contribution in [1.29, 1.82) is 0 Å². The standard InChI is InChI=1S/C25H24BrN3O4/c1-24(2,3)29-20(30)17-18(21(29)31)25(4)22(32)27(16-8-6-5-7-9-16)23(33)28(25)19(17)14-10-12-15(26)13-11-14/h5-13,17-19H,1-4H3/t17-,18-,19-,25-/m1/s1. The van der Waals surface area contributed by atoms with Crippen LogP contribution in [0, 0.1) is 11.8 Å². The summed E-state index contributed by atoms with van der Waals surface area (Å²) < 4.78 is 0.850. The number of fused-ring (bicyclic) bond motifs is 3. The largest absolute Gasteiger partial charge is 0.332 e. The number of likely N-dealkylation sites (tertiary alicyclic amines) is 1. The van der Waals surface area contributed by atoms with Crippen molar-refractivity contribution in [2.24, 2.45) is 11.8 Å². The average Bonchev–Trinajstić information content (AvgIpc) is 3.26. The summed E-state index contributed by atoms with van der Waals surface area (Å²) in [6.07, 6.45) is 0. The van der Waals surface area contributed by atoms with Crippen molar-refractivity contribution in [3.63, 3.8) is 0 Å². The molecular formula is C25H24BrN3O4. The Kier molecular flexibility index (Phi) is 4.63. The Labute approximate surface area is 200 Å². The van der Waals surface area contributed by atoms with Gasteiger partial charge in [-0.15, -0.1) is 0 Å². The average molecular weight is 510 g/mol. The minimum atomic E-state index is -1.47. The predicted molar refractivity (Wildman–Crippen MR) is 125 cm³/mol. The second-order valence-corrected chi connectivity index (χ2v) is 10.9. The Morgan fingerprint density at radius 2 is 1.48 bits per heavy atom. The second kappa shape index (κ2) is 7.00. The lowest BCUT2D eigenvalue weighted by atomic mass is 9.80. The molecule has 3 saturated heterocycles. The third-order valence-electron chi connectivity index (χ3n) is 7.01. The van der Waals surface area contributed by atoms with Crippen molar-refractivity contribution >= 4 is 45.4 Å². The predicted octanol–water partition coefficient (Wildman–Crippen LogP) is 4.13.